The summed E-state index contributed by atoms with van der Waals surface area (Å²) < 4.78 is 1.09. The van der Waals surface area contributed by atoms with Crippen molar-refractivity contribution in [1.82, 2.24) is 9.88 Å². The molecule has 1 amide bonds. The third-order valence-corrected chi connectivity index (χ3v) is 4.31. The molecule has 0 aliphatic carbocycles. The lowest BCUT2D eigenvalue weighted by molar-refractivity contribution is 0.0683. The molecule has 0 unspecified atom stereocenters. The highest BCUT2D eigenvalue weighted by Crippen LogP contribution is 2.22. The van der Waals surface area contributed by atoms with Gasteiger partial charge in [0.2, 0.25) is 0 Å². The average Bonchev–Trinajstić information content (AvgIpc) is 2.85. The molecule has 4 heteroatoms. The van der Waals surface area contributed by atoms with Crippen LogP contribution >= 0.6 is 11.3 Å². The van der Waals surface area contributed by atoms with Crippen molar-refractivity contribution < 1.29 is 4.79 Å². The molecule has 1 aliphatic heterocycles. The Bertz CT molecular complexity index is 578. The van der Waals surface area contributed by atoms with Gasteiger partial charge in [0, 0.05) is 18.7 Å². The van der Waals surface area contributed by atoms with E-state index in [9.17, 15) is 4.79 Å². The molecule has 0 saturated carbocycles. The Labute approximate surface area is 110 Å². The van der Waals surface area contributed by atoms with Crippen molar-refractivity contribution in [1.29, 1.82) is 0 Å². The van der Waals surface area contributed by atoms with Crippen LogP contribution < -0.4 is 0 Å². The van der Waals surface area contributed by atoms with E-state index in [0.29, 0.717) is 5.92 Å². The predicted octanol–water partition coefficient (Wildman–Crippen LogP) is 3.17. The van der Waals surface area contributed by atoms with Crippen LogP contribution in [-0.4, -0.2) is 28.9 Å². The first-order valence-corrected chi connectivity index (χ1v) is 7.24. The summed E-state index contributed by atoms with van der Waals surface area (Å²) in [4.78, 5) is 18.6. The molecule has 1 saturated heterocycles. The van der Waals surface area contributed by atoms with E-state index in [4.69, 9.17) is 0 Å². The van der Waals surface area contributed by atoms with Gasteiger partial charge in [-0.1, -0.05) is 6.92 Å². The van der Waals surface area contributed by atoms with E-state index in [1.165, 1.54) is 6.42 Å². The van der Waals surface area contributed by atoms with E-state index in [1.807, 2.05) is 28.6 Å². The van der Waals surface area contributed by atoms with Crippen LogP contribution in [0.2, 0.25) is 0 Å². The Morgan fingerprint density at radius 3 is 3.22 bits per heavy atom. The zero-order chi connectivity index (χ0) is 12.5. The van der Waals surface area contributed by atoms with Crippen LogP contribution in [-0.2, 0) is 0 Å². The summed E-state index contributed by atoms with van der Waals surface area (Å²) in [6, 6.07) is 5.80. The van der Waals surface area contributed by atoms with Crippen LogP contribution in [0.4, 0.5) is 0 Å². The van der Waals surface area contributed by atoms with Gasteiger partial charge in [-0.25, -0.2) is 4.98 Å². The molecular weight excluding hydrogens is 244 g/mol. The van der Waals surface area contributed by atoms with E-state index >= 15 is 0 Å². The standard InChI is InChI=1S/C14H16N2OS/c1-10-3-2-6-16(8-10)14(17)11-4-5-12-13(7-11)18-9-15-12/h4-5,7,9-10H,2-3,6,8H2,1H3/t10-/m0/s1. The first kappa shape index (κ1) is 11.7. The van der Waals surface area contributed by atoms with Crippen molar-refractivity contribution in [2.45, 2.75) is 19.8 Å². The van der Waals surface area contributed by atoms with Crippen molar-refractivity contribution in [2.24, 2.45) is 5.92 Å². The molecule has 18 heavy (non-hydrogen) atoms. The van der Waals surface area contributed by atoms with Crippen LogP contribution in [0.1, 0.15) is 30.1 Å². The number of carbonyl (C=O) groups excluding carboxylic acids is 1. The Balaban J connectivity index is 1.86. The first-order valence-electron chi connectivity index (χ1n) is 6.36. The zero-order valence-electron chi connectivity index (χ0n) is 10.4. The average molecular weight is 260 g/mol. The largest absolute Gasteiger partial charge is 0.338 e. The number of likely N-dealkylation sites (tertiary alicyclic amines) is 1. The van der Waals surface area contributed by atoms with Gasteiger partial charge in [0.15, 0.2) is 0 Å². The number of hydrogen-bond donors (Lipinski definition) is 0. The predicted molar refractivity (Wildman–Crippen MR) is 73.9 cm³/mol. The Morgan fingerprint density at radius 2 is 2.39 bits per heavy atom. The Kier molecular flexibility index (Phi) is 3.04. The molecule has 0 spiro atoms. The monoisotopic (exact) mass is 260 g/mol. The molecule has 0 radical (unpaired) electrons. The smallest absolute Gasteiger partial charge is 0.253 e. The quantitative estimate of drug-likeness (QED) is 0.789. The molecule has 1 aromatic heterocycles. The van der Waals surface area contributed by atoms with Crippen LogP contribution in [0.3, 0.4) is 0 Å². The highest BCUT2D eigenvalue weighted by atomic mass is 32.1. The van der Waals surface area contributed by atoms with Gasteiger partial charge in [-0.3, -0.25) is 4.79 Å². The van der Waals surface area contributed by atoms with Gasteiger partial charge in [-0.05, 0) is 37.0 Å². The number of hydrogen-bond acceptors (Lipinski definition) is 3. The second-order valence-electron chi connectivity index (χ2n) is 5.03. The van der Waals surface area contributed by atoms with Crippen LogP contribution in [0, 0.1) is 5.92 Å². The van der Waals surface area contributed by atoms with Gasteiger partial charge in [-0.15, -0.1) is 11.3 Å². The van der Waals surface area contributed by atoms with Crippen molar-refractivity contribution in [3.8, 4) is 0 Å². The van der Waals surface area contributed by atoms with Gasteiger partial charge in [0.1, 0.15) is 0 Å². The molecule has 1 aliphatic rings. The van der Waals surface area contributed by atoms with E-state index in [0.717, 1.165) is 35.3 Å². The van der Waals surface area contributed by atoms with Crippen molar-refractivity contribution >= 4 is 27.5 Å². The number of benzene rings is 1. The molecule has 3 rings (SSSR count). The fourth-order valence-corrected chi connectivity index (χ4v) is 3.26. The molecule has 0 N–H and O–H groups in total. The fourth-order valence-electron chi connectivity index (χ4n) is 2.54. The maximum Gasteiger partial charge on any atom is 0.253 e. The summed E-state index contributed by atoms with van der Waals surface area (Å²) >= 11 is 1.58. The molecule has 1 atom stereocenters. The lowest BCUT2D eigenvalue weighted by Gasteiger charge is -2.31. The molecule has 2 heterocycles. The van der Waals surface area contributed by atoms with Gasteiger partial charge in [0.25, 0.3) is 5.91 Å². The number of carbonyl (C=O) groups is 1. The number of thiazole rings is 1. The number of amides is 1. The van der Waals surface area contributed by atoms with Crippen molar-refractivity contribution in [3.05, 3.63) is 29.3 Å². The van der Waals surface area contributed by atoms with Gasteiger partial charge in [0.05, 0.1) is 15.7 Å². The third kappa shape index (κ3) is 2.12. The van der Waals surface area contributed by atoms with Gasteiger partial charge >= 0.3 is 0 Å². The third-order valence-electron chi connectivity index (χ3n) is 3.52. The SMILES string of the molecule is C[C@H]1CCCN(C(=O)c2ccc3ncsc3c2)C1. The van der Waals surface area contributed by atoms with Crippen LogP contribution in [0.25, 0.3) is 10.2 Å². The van der Waals surface area contributed by atoms with Gasteiger partial charge < -0.3 is 4.90 Å². The number of aromatic nitrogens is 1. The molecule has 1 aromatic carbocycles. The summed E-state index contributed by atoms with van der Waals surface area (Å²) in [6.45, 7) is 4.00. The van der Waals surface area contributed by atoms with Crippen molar-refractivity contribution in [3.63, 3.8) is 0 Å². The molecular formula is C14H16N2OS. The minimum atomic E-state index is 0.164. The maximum absolute atomic E-state index is 12.4. The van der Waals surface area contributed by atoms with E-state index in [-0.39, 0.29) is 5.91 Å². The summed E-state index contributed by atoms with van der Waals surface area (Å²) in [7, 11) is 0. The molecule has 0 bridgehead atoms. The van der Waals surface area contributed by atoms with E-state index in [2.05, 4.69) is 11.9 Å². The molecule has 1 fully saturated rings. The number of rotatable bonds is 1. The highest BCUT2D eigenvalue weighted by Gasteiger charge is 2.22. The lowest BCUT2D eigenvalue weighted by atomic mass is 9.99. The topological polar surface area (TPSA) is 33.2 Å². The van der Waals surface area contributed by atoms with Crippen LogP contribution in [0.5, 0.6) is 0 Å². The summed E-state index contributed by atoms with van der Waals surface area (Å²) in [5, 5.41) is 0. The van der Waals surface area contributed by atoms with Crippen LogP contribution in [0.15, 0.2) is 23.7 Å². The summed E-state index contributed by atoms with van der Waals surface area (Å²) in [5.74, 6) is 0.784. The summed E-state index contributed by atoms with van der Waals surface area (Å²) in [6.07, 6.45) is 2.35. The number of nitrogens with zero attached hydrogens (tertiary/aromatic N) is 2. The second-order valence-corrected chi connectivity index (χ2v) is 5.92. The fraction of sp³-hybridized carbons (Fsp3) is 0.429. The van der Waals surface area contributed by atoms with E-state index in [1.54, 1.807) is 11.3 Å². The Morgan fingerprint density at radius 1 is 1.50 bits per heavy atom. The normalized spacial score (nSPS) is 20.3. The first-order chi connectivity index (χ1) is 8.74. The molecule has 3 nitrogen and oxygen atoms in total. The second kappa shape index (κ2) is 4.69. The van der Waals surface area contributed by atoms with E-state index < -0.39 is 0 Å². The van der Waals surface area contributed by atoms with Gasteiger partial charge in [-0.2, -0.15) is 0 Å². The maximum atomic E-state index is 12.4. The highest BCUT2D eigenvalue weighted by molar-refractivity contribution is 7.16. The molecule has 94 valence electrons. The summed E-state index contributed by atoms with van der Waals surface area (Å²) in [5.41, 5.74) is 3.59. The minimum absolute atomic E-state index is 0.164. The lowest BCUT2D eigenvalue weighted by Crippen LogP contribution is -2.39. The molecule has 2 aromatic rings. The van der Waals surface area contributed by atoms with Crippen molar-refractivity contribution in [2.75, 3.05) is 13.1 Å². The number of piperidine rings is 1. The minimum Gasteiger partial charge on any atom is -0.338 e. The zero-order valence-corrected chi connectivity index (χ0v) is 11.2. The Hall–Kier alpha value is -1.42. The number of fused-ring (bicyclic) bond motifs is 1.